The zero-order valence-electron chi connectivity index (χ0n) is 19.5. The van der Waals surface area contributed by atoms with Gasteiger partial charge in [0, 0.05) is 32.6 Å². The first kappa shape index (κ1) is 25.2. The Morgan fingerprint density at radius 3 is 2.39 bits per heavy atom. The highest BCUT2D eigenvalue weighted by Crippen LogP contribution is 2.37. The van der Waals surface area contributed by atoms with Crippen LogP contribution < -0.4 is 10.2 Å². The molecule has 0 saturated heterocycles. The zero-order valence-corrected chi connectivity index (χ0v) is 21.1. The summed E-state index contributed by atoms with van der Waals surface area (Å²) in [6.45, 7) is 0. The van der Waals surface area contributed by atoms with Gasteiger partial charge in [0.05, 0.1) is 16.8 Å². The van der Waals surface area contributed by atoms with Gasteiger partial charge >= 0.3 is 5.97 Å². The van der Waals surface area contributed by atoms with E-state index in [0.29, 0.717) is 32.6 Å². The molecule has 5 rings (SSSR count). The van der Waals surface area contributed by atoms with Crippen molar-refractivity contribution in [1.29, 1.82) is 0 Å². The van der Waals surface area contributed by atoms with E-state index in [0.717, 1.165) is 0 Å². The summed E-state index contributed by atoms with van der Waals surface area (Å²) in [5.74, 6) is -1.42. The molecule has 0 aliphatic rings. The van der Waals surface area contributed by atoms with Crippen molar-refractivity contribution in [2.45, 2.75) is 0 Å². The second-order valence-corrected chi connectivity index (χ2v) is 8.97. The third kappa shape index (κ3) is 5.16. The molecule has 0 bridgehead atoms. The van der Waals surface area contributed by atoms with Crippen LogP contribution in [0.3, 0.4) is 0 Å². The number of esters is 1. The number of rotatable bonds is 6. The Hall–Kier alpha value is -4.46. The summed E-state index contributed by atoms with van der Waals surface area (Å²) in [5, 5.41) is 5.23. The number of H-pyrrole nitrogens is 1. The molecule has 0 radical (unpaired) electrons. The molecule has 2 N–H and O–H groups in total. The average molecular weight is 546 g/mol. The first-order valence-corrected chi connectivity index (χ1v) is 12.1. The lowest BCUT2D eigenvalue weighted by Gasteiger charge is -2.08. The van der Waals surface area contributed by atoms with Crippen molar-refractivity contribution in [2.24, 2.45) is 5.10 Å². The molecule has 6 nitrogen and oxygen atoms in total. The molecule has 0 spiro atoms. The van der Waals surface area contributed by atoms with Crippen molar-refractivity contribution in [3.8, 4) is 16.9 Å². The second-order valence-electron chi connectivity index (χ2n) is 8.15. The molecule has 0 aliphatic heterocycles. The summed E-state index contributed by atoms with van der Waals surface area (Å²) in [4.78, 5) is 28.8. The SMILES string of the molecule is O=C(Oc1ccccc1C=NNC(=O)c1[nH]c2ccc(F)cc2c1-c1ccccc1Cl)c1ccccc1Cl. The maximum Gasteiger partial charge on any atom is 0.345 e. The van der Waals surface area contributed by atoms with Gasteiger partial charge in [-0.05, 0) is 48.5 Å². The summed E-state index contributed by atoms with van der Waals surface area (Å²) in [6, 6.07) is 24.4. The van der Waals surface area contributed by atoms with E-state index in [1.54, 1.807) is 78.9 Å². The Labute approximate surface area is 226 Å². The van der Waals surface area contributed by atoms with Crippen LogP contribution in [0.15, 0.2) is 96.1 Å². The van der Waals surface area contributed by atoms with Crippen molar-refractivity contribution >= 4 is 52.2 Å². The van der Waals surface area contributed by atoms with Gasteiger partial charge in [0.2, 0.25) is 0 Å². The Balaban J connectivity index is 1.42. The molecule has 1 aromatic heterocycles. The number of nitrogens with one attached hydrogen (secondary N) is 2. The number of benzene rings is 4. The van der Waals surface area contributed by atoms with Gasteiger partial charge in [0.1, 0.15) is 17.3 Å². The Morgan fingerprint density at radius 1 is 0.895 bits per heavy atom. The van der Waals surface area contributed by atoms with Crippen LogP contribution in [0.25, 0.3) is 22.0 Å². The second kappa shape index (κ2) is 10.9. The Bertz CT molecular complexity index is 1710. The molecule has 0 unspecified atom stereocenters. The van der Waals surface area contributed by atoms with Crippen molar-refractivity contribution in [2.75, 3.05) is 0 Å². The summed E-state index contributed by atoms with van der Waals surface area (Å²) >= 11 is 12.5. The molecule has 4 aromatic carbocycles. The summed E-state index contributed by atoms with van der Waals surface area (Å²) in [5.41, 5.74) is 4.88. The van der Waals surface area contributed by atoms with Gasteiger partial charge in [-0.15, -0.1) is 0 Å². The molecule has 9 heteroatoms. The minimum atomic E-state index is -0.629. The molecule has 38 heavy (non-hydrogen) atoms. The lowest BCUT2D eigenvalue weighted by Crippen LogP contribution is -2.19. The van der Waals surface area contributed by atoms with Gasteiger partial charge in [0.25, 0.3) is 5.91 Å². The van der Waals surface area contributed by atoms with Crippen LogP contribution in [0.5, 0.6) is 5.75 Å². The molecule has 1 amide bonds. The van der Waals surface area contributed by atoms with E-state index < -0.39 is 17.7 Å². The topological polar surface area (TPSA) is 83.5 Å². The number of carbonyl (C=O) groups is 2. The Kier molecular flexibility index (Phi) is 7.22. The van der Waals surface area contributed by atoms with Crippen molar-refractivity contribution in [1.82, 2.24) is 10.4 Å². The molecule has 0 fully saturated rings. The normalized spacial score (nSPS) is 11.1. The van der Waals surface area contributed by atoms with Crippen LogP contribution in [-0.4, -0.2) is 23.1 Å². The maximum atomic E-state index is 14.1. The fourth-order valence-electron chi connectivity index (χ4n) is 3.96. The predicted molar refractivity (Wildman–Crippen MR) is 147 cm³/mol. The van der Waals surface area contributed by atoms with Crippen LogP contribution in [0.1, 0.15) is 26.4 Å². The van der Waals surface area contributed by atoms with E-state index in [2.05, 4.69) is 15.5 Å². The summed E-state index contributed by atoms with van der Waals surface area (Å²) in [6.07, 6.45) is 1.35. The average Bonchev–Trinajstić information content (AvgIpc) is 3.28. The monoisotopic (exact) mass is 545 g/mol. The highest BCUT2D eigenvalue weighted by atomic mass is 35.5. The van der Waals surface area contributed by atoms with Crippen molar-refractivity contribution in [3.63, 3.8) is 0 Å². The number of hydrogen-bond donors (Lipinski definition) is 2. The fourth-order valence-corrected chi connectivity index (χ4v) is 4.40. The van der Waals surface area contributed by atoms with Crippen molar-refractivity contribution < 1.29 is 18.7 Å². The Morgan fingerprint density at radius 2 is 1.61 bits per heavy atom. The number of hydrazone groups is 1. The number of nitrogens with zero attached hydrogens (tertiary/aromatic N) is 1. The van der Waals surface area contributed by atoms with Crippen molar-refractivity contribution in [3.05, 3.63) is 124 Å². The quantitative estimate of drug-likeness (QED) is 0.102. The standard InChI is InChI=1S/C29H18Cl2FN3O3/c30-22-10-4-2-8-19(22)26-21-15-18(32)13-14-24(21)34-27(26)28(36)35-33-16-17-7-1-6-12-25(17)38-29(37)20-9-3-5-11-23(20)31/h1-16,34H,(H,35,36). The van der Waals surface area contributed by atoms with Crippen LogP contribution in [0.2, 0.25) is 10.0 Å². The minimum Gasteiger partial charge on any atom is -0.422 e. The third-order valence-electron chi connectivity index (χ3n) is 5.72. The number of hydrogen-bond acceptors (Lipinski definition) is 4. The van der Waals surface area contributed by atoms with Gasteiger partial charge < -0.3 is 9.72 Å². The molecular weight excluding hydrogens is 528 g/mol. The number of aromatic nitrogens is 1. The molecule has 5 aromatic rings. The summed E-state index contributed by atoms with van der Waals surface area (Å²) < 4.78 is 19.6. The van der Waals surface area contributed by atoms with Gasteiger partial charge in [0.15, 0.2) is 0 Å². The lowest BCUT2D eigenvalue weighted by atomic mass is 10.0. The lowest BCUT2D eigenvalue weighted by molar-refractivity contribution is 0.0734. The van der Waals surface area contributed by atoms with E-state index in [9.17, 15) is 14.0 Å². The van der Waals surface area contributed by atoms with E-state index >= 15 is 0 Å². The van der Waals surface area contributed by atoms with Crippen LogP contribution in [-0.2, 0) is 0 Å². The van der Waals surface area contributed by atoms with Gasteiger partial charge in [-0.2, -0.15) is 5.10 Å². The molecule has 1 heterocycles. The zero-order chi connectivity index (χ0) is 26.6. The van der Waals surface area contributed by atoms with E-state index in [1.165, 1.54) is 18.3 Å². The van der Waals surface area contributed by atoms with Crippen LogP contribution in [0, 0.1) is 5.82 Å². The number of para-hydroxylation sites is 1. The maximum absolute atomic E-state index is 14.1. The number of carbonyl (C=O) groups excluding carboxylic acids is 2. The third-order valence-corrected chi connectivity index (χ3v) is 6.38. The molecular formula is C29H18Cl2FN3O3. The first-order chi connectivity index (χ1) is 18.4. The first-order valence-electron chi connectivity index (χ1n) is 11.4. The predicted octanol–water partition coefficient (Wildman–Crippen LogP) is 7.26. The van der Waals surface area contributed by atoms with Gasteiger partial charge in [-0.25, -0.2) is 14.6 Å². The van der Waals surface area contributed by atoms with Crippen LogP contribution in [0.4, 0.5) is 4.39 Å². The van der Waals surface area contributed by atoms with E-state index in [-0.39, 0.29) is 22.0 Å². The molecule has 0 atom stereocenters. The van der Waals surface area contributed by atoms with E-state index in [4.69, 9.17) is 27.9 Å². The molecule has 188 valence electrons. The minimum absolute atomic E-state index is 0.161. The smallest absolute Gasteiger partial charge is 0.345 e. The number of halogens is 3. The highest BCUT2D eigenvalue weighted by molar-refractivity contribution is 6.34. The fraction of sp³-hybridized carbons (Fsp3) is 0. The largest absolute Gasteiger partial charge is 0.422 e. The molecule has 0 saturated carbocycles. The van der Waals surface area contributed by atoms with Gasteiger partial charge in [-0.1, -0.05) is 65.7 Å². The number of fused-ring (bicyclic) bond motifs is 1. The highest BCUT2D eigenvalue weighted by Gasteiger charge is 2.21. The number of amides is 1. The molecule has 0 aliphatic carbocycles. The van der Waals surface area contributed by atoms with Gasteiger partial charge in [-0.3, -0.25) is 4.79 Å². The van der Waals surface area contributed by atoms with E-state index in [1.807, 2.05) is 0 Å². The van der Waals surface area contributed by atoms with Crippen LogP contribution >= 0.6 is 23.2 Å². The number of ether oxygens (including phenoxy) is 1. The number of aromatic amines is 1. The summed E-state index contributed by atoms with van der Waals surface area (Å²) in [7, 11) is 0.